The average Bonchev–Trinajstić information content (AvgIpc) is 2.95. The van der Waals surface area contributed by atoms with Crippen LogP contribution in [0.15, 0.2) is 29.6 Å². The van der Waals surface area contributed by atoms with E-state index >= 15 is 0 Å². The van der Waals surface area contributed by atoms with Gasteiger partial charge in [-0.05, 0) is 24.0 Å². The summed E-state index contributed by atoms with van der Waals surface area (Å²) in [6.07, 6.45) is 2.10. The Balaban J connectivity index is 1.89. The van der Waals surface area contributed by atoms with E-state index in [4.69, 9.17) is 0 Å². The van der Waals surface area contributed by atoms with Gasteiger partial charge in [0.05, 0.1) is 10.7 Å². The lowest BCUT2D eigenvalue weighted by Crippen LogP contribution is -2.13. The molecule has 0 aliphatic carbocycles. The quantitative estimate of drug-likeness (QED) is 0.859. The molecular weight excluding hydrogens is 280 g/mol. The summed E-state index contributed by atoms with van der Waals surface area (Å²) >= 11 is 1.64. The number of amides is 1. The molecule has 1 amide bonds. The Morgan fingerprint density at radius 1 is 1.33 bits per heavy atom. The van der Waals surface area contributed by atoms with Crippen molar-refractivity contribution in [2.75, 3.05) is 5.32 Å². The number of nitrogens with zero attached hydrogens (tertiary/aromatic N) is 1. The number of anilines is 1. The first-order valence-electron chi connectivity index (χ1n) is 7.42. The minimum atomic E-state index is 0.0530. The molecule has 0 saturated carbocycles. The first-order chi connectivity index (χ1) is 10.1. The minimum Gasteiger partial charge on any atom is -0.326 e. The van der Waals surface area contributed by atoms with E-state index in [1.807, 2.05) is 24.3 Å². The highest BCUT2D eigenvalue weighted by molar-refractivity contribution is 7.09. The van der Waals surface area contributed by atoms with Gasteiger partial charge in [0.1, 0.15) is 0 Å². The number of aryl methyl sites for hydroxylation is 2. The Labute approximate surface area is 130 Å². The van der Waals surface area contributed by atoms with Crippen molar-refractivity contribution in [2.24, 2.45) is 0 Å². The van der Waals surface area contributed by atoms with Gasteiger partial charge in [0.25, 0.3) is 0 Å². The molecule has 0 radical (unpaired) electrons. The number of nitrogens with one attached hydrogen (secondary N) is 1. The van der Waals surface area contributed by atoms with Crippen molar-refractivity contribution >= 4 is 22.9 Å². The SMILES string of the molecule is CCc1ccccc1NC(=O)CCc1nc(C(C)C)cs1. The predicted molar refractivity (Wildman–Crippen MR) is 89.0 cm³/mol. The lowest BCUT2D eigenvalue weighted by molar-refractivity contribution is -0.116. The smallest absolute Gasteiger partial charge is 0.224 e. The van der Waals surface area contributed by atoms with Crippen LogP contribution >= 0.6 is 11.3 Å². The maximum absolute atomic E-state index is 12.1. The topological polar surface area (TPSA) is 42.0 Å². The van der Waals surface area contributed by atoms with Gasteiger partial charge in [-0.15, -0.1) is 11.3 Å². The third kappa shape index (κ3) is 4.39. The predicted octanol–water partition coefficient (Wildman–Crippen LogP) is 4.40. The lowest BCUT2D eigenvalue weighted by Gasteiger charge is -2.09. The van der Waals surface area contributed by atoms with Gasteiger partial charge in [-0.2, -0.15) is 0 Å². The van der Waals surface area contributed by atoms with Gasteiger partial charge < -0.3 is 5.32 Å². The number of aromatic nitrogens is 1. The van der Waals surface area contributed by atoms with Crippen molar-refractivity contribution < 1.29 is 4.79 Å². The number of carbonyl (C=O) groups excluding carboxylic acids is 1. The summed E-state index contributed by atoms with van der Waals surface area (Å²) in [5, 5.41) is 6.13. The Bertz CT molecular complexity index is 604. The fourth-order valence-corrected chi connectivity index (χ4v) is 3.05. The van der Waals surface area contributed by atoms with Crippen LogP contribution in [0.25, 0.3) is 0 Å². The van der Waals surface area contributed by atoms with Gasteiger partial charge >= 0.3 is 0 Å². The van der Waals surface area contributed by atoms with E-state index in [1.165, 1.54) is 5.56 Å². The molecule has 1 aromatic carbocycles. The molecule has 0 bridgehead atoms. The van der Waals surface area contributed by atoms with E-state index in [0.29, 0.717) is 18.8 Å². The van der Waals surface area contributed by atoms with Gasteiger partial charge in [0.15, 0.2) is 0 Å². The number of carbonyl (C=O) groups is 1. The van der Waals surface area contributed by atoms with Crippen LogP contribution in [0.5, 0.6) is 0 Å². The number of rotatable bonds is 6. The van der Waals surface area contributed by atoms with Crippen LogP contribution in [-0.2, 0) is 17.6 Å². The second kappa shape index (κ2) is 7.36. The molecule has 4 heteroatoms. The molecule has 2 rings (SSSR count). The summed E-state index contributed by atoms with van der Waals surface area (Å²) in [6.45, 7) is 6.36. The Morgan fingerprint density at radius 2 is 2.10 bits per heavy atom. The van der Waals surface area contributed by atoms with Crippen LogP contribution in [0.4, 0.5) is 5.69 Å². The van der Waals surface area contributed by atoms with Gasteiger partial charge in [0.2, 0.25) is 5.91 Å². The summed E-state index contributed by atoms with van der Waals surface area (Å²) in [6, 6.07) is 7.95. The monoisotopic (exact) mass is 302 g/mol. The van der Waals surface area contributed by atoms with Gasteiger partial charge in [-0.3, -0.25) is 4.79 Å². The molecule has 1 N–H and O–H groups in total. The van der Waals surface area contributed by atoms with Crippen molar-refractivity contribution in [3.8, 4) is 0 Å². The van der Waals surface area contributed by atoms with E-state index in [0.717, 1.165) is 22.8 Å². The third-order valence-electron chi connectivity index (χ3n) is 3.40. The van der Waals surface area contributed by atoms with Crippen molar-refractivity contribution in [1.29, 1.82) is 0 Å². The Morgan fingerprint density at radius 3 is 2.76 bits per heavy atom. The first-order valence-corrected chi connectivity index (χ1v) is 8.30. The van der Waals surface area contributed by atoms with Gasteiger partial charge in [-0.1, -0.05) is 39.0 Å². The normalized spacial score (nSPS) is 10.9. The molecule has 0 atom stereocenters. The minimum absolute atomic E-state index is 0.0530. The molecule has 112 valence electrons. The second-order valence-corrected chi connectivity index (χ2v) is 6.32. The average molecular weight is 302 g/mol. The number of hydrogen-bond donors (Lipinski definition) is 1. The lowest BCUT2D eigenvalue weighted by atomic mass is 10.1. The highest BCUT2D eigenvalue weighted by Gasteiger charge is 2.09. The second-order valence-electron chi connectivity index (χ2n) is 5.38. The summed E-state index contributed by atoms with van der Waals surface area (Å²) < 4.78 is 0. The maximum atomic E-state index is 12.1. The van der Waals surface area contributed by atoms with Crippen LogP contribution in [0.3, 0.4) is 0 Å². The molecule has 1 heterocycles. The summed E-state index contributed by atoms with van der Waals surface area (Å²) in [4.78, 5) is 16.6. The summed E-state index contributed by atoms with van der Waals surface area (Å²) in [7, 11) is 0. The molecule has 0 aliphatic heterocycles. The Hall–Kier alpha value is -1.68. The van der Waals surface area contributed by atoms with Crippen LogP contribution in [-0.4, -0.2) is 10.9 Å². The first kappa shape index (κ1) is 15.7. The maximum Gasteiger partial charge on any atom is 0.224 e. The fraction of sp³-hybridized carbons (Fsp3) is 0.412. The fourth-order valence-electron chi connectivity index (χ4n) is 2.09. The molecule has 0 aliphatic rings. The zero-order chi connectivity index (χ0) is 15.2. The number of thiazole rings is 1. The van der Waals surface area contributed by atoms with Gasteiger partial charge in [0, 0.05) is 23.9 Å². The number of benzene rings is 1. The largest absolute Gasteiger partial charge is 0.326 e. The highest BCUT2D eigenvalue weighted by atomic mass is 32.1. The van der Waals surface area contributed by atoms with E-state index in [2.05, 4.69) is 36.5 Å². The molecule has 0 unspecified atom stereocenters. The summed E-state index contributed by atoms with van der Waals surface area (Å²) in [5.74, 6) is 0.498. The number of para-hydroxylation sites is 1. The molecule has 0 saturated heterocycles. The van der Waals surface area contributed by atoms with E-state index in [9.17, 15) is 4.79 Å². The zero-order valence-corrected chi connectivity index (χ0v) is 13.7. The standard InChI is InChI=1S/C17H22N2OS/c1-4-13-7-5-6-8-14(13)18-16(20)9-10-17-19-15(11-21-17)12(2)3/h5-8,11-12H,4,9-10H2,1-3H3,(H,18,20). The van der Waals surface area contributed by atoms with Crippen molar-refractivity contribution in [3.63, 3.8) is 0 Å². The number of hydrogen-bond acceptors (Lipinski definition) is 3. The van der Waals surface area contributed by atoms with Crippen molar-refractivity contribution in [3.05, 3.63) is 45.9 Å². The molecule has 3 nitrogen and oxygen atoms in total. The van der Waals surface area contributed by atoms with Crippen LogP contribution < -0.4 is 5.32 Å². The third-order valence-corrected chi connectivity index (χ3v) is 4.33. The molecular formula is C17H22N2OS. The van der Waals surface area contributed by atoms with E-state index < -0.39 is 0 Å². The van der Waals surface area contributed by atoms with Crippen molar-refractivity contribution in [2.45, 2.75) is 46.0 Å². The van der Waals surface area contributed by atoms with Crippen LogP contribution in [0.1, 0.15) is 49.4 Å². The van der Waals surface area contributed by atoms with Gasteiger partial charge in [-0.25, -0.2) is 4.98 Å². The van der Waals surface area contributed by atoms with Crippen molar-refractivity contribution in [1.82, 2.24) is 4.98 Å². The van der Waals surface area contributed by atoms with E-state index in [-0.39, 0.29) is 5.91 Å². The molecule has 0 spiro atoms. The highest BCUT2D eigenvalue weighted by Crippen LogP contribution is 2.19. The molecule has 21 heavy (non-hydrogen) atoms. The molecule has 1 aromatic heterocycles. The molecule has 0 fully saturated rings. The van der Waals surface area contributed by atoms with Crippen LogP contribution in [0, 0.1) is 0 Å². The zero-order valence-electron chi connectivity index (χ0n) is 12.8. The van der Waals surface area contributed by atoms with Crippen LogP contribution in [0.2, 0.25) is 0 Å². The molecule has 2 aromatic rings. The van der Waals surface area contributed by atoms with E-state index in [1.54, 1.807) is 11.3 Å². The Kier molecular flexibility index (Phi) is 5.51. The summed E-state index contributed by atoms with van der Waals surface area (Å²) in [5.41, 5.74) is 3.21.